The van der Waals surface area contributed by atoms with E-state index < -0.39 is 6.10 Å². The van der Waals surface area contributed by atoms with E-state index in [0.29, 0.717) is 18.3 Å². The molecule has 0 saturated carbocycles. The number of rotatable bonds is 8. The average Bonchev–Trinajstić information content (AvgIpc) is 2.53. The summed E-state index contributed by atoms with van der Waals surface area (Å²) in [7, 11) is 1.68. The van der Waals surface area contributed by atoms with Crippen LogP contribution in [-0.2, 0) is 9.53 Å². The maximum absolute atomic E-state index is 10.5. The van der Waals surface area contributed by atoms with Crippen molar-refractivity contribution < 1.29 is 14.6 Å². The number of carbonyl (C=O) groups excluding carboxylic acids is 1. The fourth-order valence-corrected chi connectivity index (χ4v) is 3.48. The smallest absolute Gasteiger partial charge is 0.122 e. The number of hydrogen-bond donors (Lipinski definition) is 1. The highest BCUT2D eigenvalue weighted by Gasteiger charge is 2.24. The van der Waals surface area contributed by atoms with Gasteiger partial charge < -0.3 is 14.6 Å². The normalized spacial score (nSPS) is 22.4. The van der Waals surface area contributed by atoms with Crippen LogP contribution < -0.4 is 0 Å². The average molecular weight is 316 g/mol. The van der Waals surface area contributed by atoms with Crippen LogP contribution in [-0.4, -0.2) is 30.7 Å². The highest BCUT2D eigenvalue weighted by molar-refractivity contribution is 5.59. The minimum Gasteiger partial charge on any atom is -0.393 e. The van der Waals surface area contributed by atoms with Crippen LogP contribution in [0.4, 0.5) is 0 Å². The molecular weight excluding hydrogens is 288 g/mol. The molecular formula is C20H28O3. The molecule has 0 aliphatic heterocycles. The second kappa shape index (κ2) is 8.42. The van der Waals surface area contributed by atoms with E-state index in [-0.39, 0.29) is 12.5 Å². The molecule has 4 atom stereocenters. The number of aliphatic hydroxyl groups excluding tert-OH is 1. The van der Waals surface area contributed by atoms with E-state index in [2.05, 4.69) is 44.2 Å². The molecule has 1 aromatic carbocycles. The largest absolute Gasteiger partial charge is 0.393 e. The molecule has 0 radical (unpaired) electrons. The van der Waals surface area contributed by atoms with Gasteiger partial charge in [0.2, 0.25) is 0 Å². The van der Waals surface area contributed by atoms with Crippen LogP contribution in [0.3, 0.4) is 0 Å². The predicted molar refractivity (Wildman–Crippen MR) is 93.5 cm³/mol. The molecule has 3 nitrogen and oxygen atoms in total. The molecule has 0 heterocycles. The lowest BCUT2D eigenvalue weighted by atomic mass is 9.77. The third-order valence-corrected chi connectivity index (χ3v) is 4.89. The lowest BCUT2D eigenvalue weighted by molar-refractivity contribution is -0.109. The minimum atomic E-state index is -0.601. The highest BCUT2D eigenvalue weighted by Crippen LogP contribution is 2.38. The molecule has 0 saturated heterocycles. The molecule has 0 aromatic heterocycles. The Balaban J connectivity index is 2.01. The number of carbonyl (C=O) groups is 1. The summed E-state index contributed by atoms with van der Waals surface area (Å²) in [6.45, 7) is 4.38. The SMILES string of the molecule is CO[C@H](CCC1c2ccc(C)cc2C=CC1C)CC(O)CC=O. The molecule has 1 aromatic rings. The molecule has 2 rings (SSSR count). The van der Waals surface area contributed by atoms with Crippen LogP contribution in [0.5, 0.6) is 0 Å². The fourth-order valence-electron chi connectivity index (χ4n) is 3.48. The molecule has 1 N–H and O–H groups in total. The monoisotopic (exact) mass is 316 g/mol. The summed E-state index contributed by atoms with van der Waals surface area (Å²) in [4.78, 5) is 10.5. The third kappa shape index (κ3) is 4.76. The van der Waals surface area contributed by atoms with Gasteiger partial charge in [-0.1, -0.05) is 42.8 Å². The van der Waals surface area contributed by atoms with Gasteiger partial charge in [-0.25, -0.2) is 0 Å². The van der Waals surface area contributed by atoms with Gasteiger partial charge in [-0.05, 0) is 49.1 Å². The number of aldehydes is 1. The number of hydrogen-bond acceptors (Lipinski definition) is 3. The number of aliphatic hydroxyl groups is 1. The van der Waals surface area contributed by atoms with Crippen LogP contribution in [0.1, 0.15) is 55.2 Å². The van der Waals surface area contributed by atoms with E-state index >= 15 is 0 Å². The van der Waals surface area contributed by atoms with Gasteiger partial charge in [0.1, 0.15) is 6.29 Å². The van der Waals surface area contributed by atoms with Gasteiger partial charge >= 0.3 is 0 Å². The van der Waals surface area contributed by atoms with E-state index in [1.54, 1.807) is 7.11 Å². The number of benzene rings is 1. The van der Waals surface area contributed by atoms with Gasteiger partial charge in [0.05, 0.1) is 12.2 Å². The van der Waals surface area contributed by atoms with E-state index in [9.17, 15) is 9.90 Å². The van der Waals surface area contributed by atoms with Crippen molar-refractivity contribution in [3.8, 4) is 0 Å². The van der Waals surface area contributed by atoms with E-state index in [0.717, 1.165) is 19.1 Å². The fraction of sp³-hybridized carbons (Fsp3) is 0.550. The number of allylic oxidation sites excluding steroid dienone is 1. The zero-order chi connectivity index (χ0) is 16.8. The van der Waals surface area contributed by atoms with E-state index in [4.69, 9.17) is 4.74 Å². The summed E-state index contributed by atoms with van der Waals surface area (Å²) in [5.74, 6) is 0.985. The molecule has 0 amide bonds. The molecule has 1 aliphatic carbocycles. The second-order valence-corrected chi connectivity index (χ2v) is 6.68. The Morgan fingerprint density at radius 2 is 2.17 bits per heavy atom. The van der Waals surface area contributed by atoms with Crippen molar-refractivity contribution in [1.29, 1.82) is 0 Å². The van der Waals surface area contributed by atoms with Gasteiger partial charge in [0.25, 0.3) is 0 Å². The topological polar surface area (TPSA) is 46.5 Å². The highest BCUT2D eigenvalue weighted by atomic mass is 16.5. The van der Waals surface area contributed by atoms with E-state index in [1.165, 1.54) is 16.7 Å². The zero-order valence-corrected chi connectivity index (χ0v) is 14.4. The number of fused-ring (bicyclic) bond motifs is 1. The first-order valence-corrected chi connectivity index (χ1v) is 8.48. The molecule has 1 aliphatic rings. The predicted octanol–water partition coefficient (Wildman–Crippen LogP) is 3.88. The second-order valence-electron chi connectivity index (χ2n) is 6.68. The Hall–Kier alpha value is -1.45. The van der Waals surface area contributed by atoms with Crippen molar-refractivity contribution in [3.05, 3.63) is 41.0 Å². The first kappa shape index (κ1) is 17.9. The number of aryl methyl sites for hydroxylation is 1. The maximum atomic E-state index is 10.5. The Morgan fingerprint density at radius 3 is 2.87 bits per heavy atom. The van der Waals surface area contributed by atoms with Gasteiger partial charge in [-0.3, -0.25) is 0 Å². The zero-order valence-electron chi connectivity index (χ0n) is 14.4. The summed E-state index contributed by atoms with van der Waals surface area (Å²) in [5.41, 5.74) is 4.02. The van der Waals surface area contributed by atoms with Gasteiger partial charge in [-0.15, -0.1) is 0 Å². The van der Waals surface area contributed by atoms with Crippen molar-refractivity contribution in [1.82, 2.24) is 0 Å². The van der Waals surface area contributed by atoms with Crippen LogP contribution in [0.2, 0.25) is 0 Å². The van der Waals surface area contributed by atoms with Crippen molar-refractivity contribution >= 4 is 12.4 Å². The Labute approximate surface area is 139 Å². The lowest BCUT2D eigenvalue weighted by Crippen LogP contribution is -2.22. The molecule has 126 valence electrons. The molecule has 3 heteroatoms. The third-order valence-electron chi connectivity index (χ3n) is 4.89. The summed E-state index contributed by atoms with van der Waals surface area (Å²) >= 11 is 0. The quantitative estimate of drug-likeness (QED) is 0.740. The summed E-state index contributed by atoms with van der Waals surface area (Å²) in [6.07, 6.45) is 7.30. The summed E-state index contributed by atoms with van der Waals surface area (Å²) in [5, 5.41) is 9.81. The molecule has 0 fully saturated rings. The van der Waals surface area contributed by atoms with E-state index in [1.807, 2.05) is 0 Å². The van der Waals surface area contributed by atoms with Crippen LogP contribution in [0.25, 0.3) is 6.08 Å². The van der Waals surface area contributed by atoms with Crippen molar-refractivity contribution in [3.63, 3.8) is 0 Å². The summed E-state index contributed by atoms with van der Waals surface area (Å²) < 4.78 is 5.51. The Bertz CT molecular complexity index is 550. The number of methoxy groups -OCH3 is 1. The minimum absolute atomic E-state index is 0.00282. The van der Waals surface area contributed by atoms with Gasteiger partial charge in [-0.2, -0.15) is 0 Å². The van der Waals surface area contributed by atoms with Crippen molar-refractivity contribution in [2.75, 3.05) is 7.11 Å². The van der Waals surface area contributed by atoms with Crippen LogP contribution in [0, 0.1) is 12.8 Å². The maximum Gasteiger partial charge on any atom is 0.122 e. The number of ether oxygens (including phenoxy) is 1. The molecule has 3 unspecified atom stereocenters. The van der Waals surface area contributed by atoms with Crippen LogP contribution >= 0.6 is 0 Å². The van der Waals surface area contributed by atoms with Crippen molar-refractivity contribution in [2.24, 2.45) is 5.92 Å². The molecule has 0 bridgehead atoms. The molecule has 0 spiro atoms. The van der Waals surface area contributed by atoms with Crippen LogP contribution in [0.15, 0.2) is 24.3 Å². The van der Waals surface area contributed by atoms with Gasteiger partial charge in [0.15, 0.2) is 0 Å². The first-order valence-electron chi connectivity index (χ1n) is 8.48. The Kier molecular flexibility index (Phi) is 6.55. The standard InChI is InChI=1S/C20H28O3/c1-14-4-8-20-16(12-14)6-5-15(2)19(20)9-7-18(23-3)13-17(22)10-11-21/h4-6,8,11-12,15,17-19,22H,7,9-10,13H2,1-3H3/t15?,17?,18-,19?/m1/s1. The summed E-state index contributed by atoms with van der Waals surface area (Å²) in [6, 6.07) is 6.67. The Morgan fingerprint density at radius 1 is 1.39 bits per heavy atom. The van der Waals surface area contributed by atoms with Crippen molar-refractivity contribution in [2.45, 2.75) is 57.7 Å². The van der Waals surface area contributed by atoms with Gasteiger partial charge in [0, 0.05) is 13.5 Å². The lowest BCUT2D eigenvalue weighted by Gasteiger charge is -2.29. The molecule has 23 heavy (non-hydrogen) atoms. The first-order chi connectivity index (χ1) is 11.0.